The fourth-order valence-corrected chi connectivity index (χ4v) is 3.69. The summed E-state index contributed by atoms with van der Waals surface area (Å²) < 4.78 is 14.2. The fourth-order valence-electron chi connectivity index (χ4n) is 3.50. The summed E-state index contributed by atoms with van der Waals surface area (Å²) in [6, 6.07) is 4.96. The van der Waals surface area contributed by atoms with Crippen molar-refractivity contribution in [2.45, 2.75) is 50.6 Å². The highest BCUT2D eigenvalue weighted by molar-refractivity contribution is 6.30. The van der Waals surface area contributed by atoms with E-state index in [4.69, 9.17) is 17.3 Å². The van der Waals surface area contributed by atoms with Crippen molar-refractivity contribution in [3.8, 4) is 0 Å². The van der Waals surface area contributed by atoms with E-state index in [1.807, 2.05) is 0 Å². The summed E-state index contributed by atoms with van der Waals surface area (Å²) in [4.78, 5) is 6.49. The first-order valence-corrected chi connectivity index (χ1v) is 8.08. The van der Waals surface area contributed by atoms with Crippen LogP contribution < -0.4 is 5.73 Å². The predicted molar refractivity (Wildman–Crippen MR) is 84.0 cm³/mol. The van der Waals surface area contributed by atoms with Crippen molar-refractivity contribution in [3.63, 3.8) is 0 Å². The Bertz CT molecular complexity index is 538. The van der Waals surface area contributed by atoms with E-state index in [2.05, 4.69) is 9.89 Å². The highest BCUT2D eigenvalue weighted by Crippen LogP contribution is 2.34. The second-order valence-corrected chi connectivity index (χ2v) is 6.37. The SMILES string of the molecule is NC1=NCC(c2cc(Cl)ccc2F)N1C1CCCCCC1. The van der Waals surface area contributed by atoms with Crippen LogP contribution in [0.2, 0.25) is 5.02 Å². The molecule has 3 rings (SSSR count). The lowest BCUT2D eigenvalue weighted by Gasteiger charge is -2.34. The van der Waals surface area contributed by atoms with Gasteiger partial charge in [-0.25, -0.2) is 4.39 Å². The third-order valence-electron chi connectivity index (χ3n) is 4.56. The first-order valence-electron chi connectivity index (χ1n) is 7.70. The normalized spacial score (nSPS) is 24.0. The molecule has 0 saturated heterocycles. The van der Waals surface area contributed by atoms with Crippen molar-refractivity contribution in [1.82, 2.24) is 4.90 Å². The second-order valence-electron chi connectivity index (χ2n) is 5.93. The first-order chi connectivity index (χ1) is 10.2. The quantitative estimate of drug-likeness (QED) is 0.843. The molecule has 2 aliphatic rings. The highest BCUT2D eigenvalue weighted by Gasteiger charge is 2.34. The standard InChI is InChI=1S/C16H21ClFN3/c17-11-7-8-14(18)13(9-11)15-10-20-16(19)21(15)12-5-3-1-2-4-6-12/h7-9,12,15H,1-6,10H2,(H2,19,20). The van der Waals surface area contributed by atoms with Gasteiger partial charge in [-0.3, -0.25) is 4.99 Å². The van der Waals surface area contributed by atoms with Gasteiger partial charge in [0.15, 0.2) is 5.96 Å². The van der Waals surface area contributed by atoms with Crippen molar-refractivity contribution < 1.29 is 4.39 Å². The number of nitrogens with zero attached hydrogens (tertiary/aromatic N) is 2. The lowest BCUT2D eigenvalue weighted by Crippen LogP contribution is -2.43. The van der Waals surface area contributed by atoms with Gasteiger partial charge in [0.2, 0.25) is 0 Å². The van der Waals surface area contributed by atoms with Crippen LogP contribution in [-0.4, -0.2) is 23.4 Å². The first kappa shape index (κ1) is 14.6. The smallest absolute Gasteiger partial charge is 0.192 e. The second kappa shape index (κ2) is 6.22. The lowest BCUT2D eigenvalue weighted by molar-refractivity contribution is 0.233. The third-order valence-corrected chi connectivity index (χ3v) is 4.80. The van der Waals surface area contributed by atoms with Crippen LogP contribution in [0.1, 0.15) is 50.1 Å². The fraction of sp³-hybridized carbons (Fsp3) is 0.562. The van der Waals surface area contributed by atoms with Gasteiger partial charge in [0.1, 0.15) is 5.82 Å². The van der Waals surface area contributed by atoms with Gasteiger partial charge >= 0.3 is 0 Å². The van der Waals surface area contributed by atoms with Crippen molar-refractivity contribution in [2.75, 3.05) is 6.54 Å². The molecular formula is C16H21ClFN3. The molecule has 114 valence electrons. The minimum absolute atomic E-state index is 0.119. The zero-order valence-corrected chi connectivity index (χ0v) is 12.8. The molecule has 0 bridgehead atoms. The monoisotopic (exact) mass is 309 g/mol. The van der Waals surface area contributed by atoms with Gasteiger partial charge < -0.3 is 10.6 Å². The molecule has 1 fully saturated rings. The average Bonchev–Trinajstić information content (AvgIpc) is 2.69. The Kier molecular flexibility index (Phi) is 4.34. The van der Waals surface area contributed by atoms with Crippen LogP contribution in [0.15, 0.2) is 23.2 Å². The molecule has 1 unspecified atom stereocenters. The van der Waals surface area contributed by atoms with E-state index in [9.17, 15) is 4.39 Å². The molecule has 0 aromatic heterocycles. The summed E-state index contributed by atoms with van der Waals surface area (Å²) in [6.07, 6.45) is 7.18. The third kappa shape index (κ3) is 3.00. The van der Waals surface area contributed by atoms with Crippen LogP contribution in [0.25, 0.3) is 0 Å². The molecule has 1 heterocycles. The summed E-state index contributed by atoms with van der Waals surface area (Å²) in [6.45, 7) is 0.513. The van der Waals surface area contributed by atoms with Gasteiger partial charge in [0, 0.05) is 16.6 Å². The molecule has 1 aliphatic carbocycles. The Morgan fingerprint density at radius 2 is 1.90 bits per heavy atom. The zero-order chi connectivity index (χ0) is 14.8. The largest absolute Gasteiger partial charge is 0.370 e. The van der Waals surface area contributed by atoms with Crippen LogP contribution in [0.3, 0.4) is 0 Å². The predicted octanol–water partition coefficient (Wildman–Crippen LogP) is 3.87. The number of benzene rings is 1. The summed E-state index contributed by atoms with van der Waals surface area (Å²) in [5.74, 6) is 0.319. The van der Waals surface area contributed by atoms with Crippen molar-refractivity contribution >= 4 is 17.6 Å². The molecule has 1 aromatic rings. The topological polar surface area (TPSA) is 41.6 Å². The average molecular weight is 310 g/mol. The van der Waals surface area contributed by atoms with Gasteiger partial charge in [0.25, 0.3) is 0 Å². The minimum Gasteiger partial charge on any atom is -0.370 e. The maximum atomic E-state index is 14.2. The number of guanidine groups is 1. The number of aliphatic imine (C=N–C) groups is 1. The van der Waals surface area contributed by atoms with E-state index in [-0.39, 0.29) is 11.9 Å². The van der Waals surface area contributed by atoms with E-state index in [1.165, 1.54) is 31.7 Å². The number of hydrogen-bond acceptors (Lipinski definition) is 3. The summed E-state index contributed by atoms with van der Waals surface area (Å²) in [5, 5.41) is 0.553. The van der Waals surface area contributed by atoms with E-state index < -0.39 is 0 Å². The molecule has 2 N–H and O–H groups in total. The molecule has 1 atom stereocenters. The summed E-state index contributed by atoms with van der Waals surface area (Å²) in [7, 11) is 0. The molecule has 3 nitrogen and oxygen atoms in total. The highest BCUT2D eigenvalue weighted by atomic mass is 35.5. The number of rotatable bonds is 2. The van der Waals surface area contributed by atoms with Gasteiger partial charge in [-0.15, -0.1) is 0 Å². The molecular weight excluding hydrogens is 289 g/mol. The Hall–Kier alpha value is -1.29. The Balaban J connectivity index is 1.89. The maximum absolute atomic E-state index is 14.2. The van der Waals surface area contributed by atoms with E-state index in [0.717, 1.165) is 12.8 Å². The molecule has 21 heavy (non-hydrogen) atoms. The van der Waals surface area contributed by atoms with Crippen LogP contribution in [0.5, 0.6) is 0 Å². The Morgan fingerprint density at radius 3 is 2.62 bits per heavy atom. The van der Waals surface area contributed by atoms with Crippen molar-refractivity contribution in [1.29, 1.82) is 0 Å². The molecule has 5 heteroatoms. The van der Waals surface area contributed by atoms with E-state index >= 15 is 0 Å². The lowest BCUT2D eigenvalue weighted by atomic mass is 10.0. The van der Waals surface area contributed by atoms with Crippen LogP contribution in [-0.2, 0) is 0 Å². The number of nitrogens with two attached hydrogens (primary N) is 1. The summed E-state index contributed by atoms with van der Waals surface area (Å²) in [5.41, 5.74) is 6.70. The van der Waals surface area contributed by atoms with E-state index in [0.29, 0.717) is 29.1 Å². The van der Waals surface area contributed by atoms with Crippen molar-refractivity contribution in [3.05, 3.63) is 34.6 Å². The Labute approximate surface area is 130 Å². The summed E-state index contributed by atoms with van der Waals surface area (Å²) >= 11 is 6.04. The maximum Gasteiger partial charge on any atom is 0.192 e. The zero-order valence-electron chi connectivity index (χ0n) is 12.1. The molecule has 1 saturated carbocycles. The minimum atomic E-state index is -0.229. The molecule has 1 aliphatic heterocycles. The van der Waals surface area contributed by atoms with Crippen LogP contribution >= 0.6 is 11.6 Å². The molecule has 0 spiro atoms. The van der Waals surface area contributed by atoms with Gasteiger partial charge in [-0.05, 0) is 31.0 Å². The van der Waals surface area contributed by atoms with Crippen molar-refractivity contribution in [2.24, 2.45) is 10.7 Å². The number of hydrogen-bond donors (Lipinski definition) is 1. The molecule has 0 amide bonds. The van der Waals surface area contributed by atoms with Crippen LogP contribution in [0.4, 0.5) is 4.39 Å². The number of halogens is 2. The molecule has 1 aromatic carbocycles. The van der Waals surface area contributed by atoms with Gasteiger partial charge in [-0.1, -0.05) is 37.3 Å². The van der Waals surface area contributed by atoms with Gasteiger partial charge in [0.05, 0.1) is 12.6 Å². The van der Waals surface area contributed by atoms with Gasteiger partial charge in [-0.2, -0.15) is 0 Å². The van der Waals surface area contributed by atoms with E-state index in [1.54, 1.807) is 12.1 Å². The molecule has 0 radical (unpaired) electrons. The Morgan fingerprint density at radius 1 is 1.19 bits per heavy atom. The van der Waals surface area contributed by atoms with Crippen LogP contribution in [0, 0.1) is 5.82 Å².